The number of carbonyl (C=O) groups is 2. The number of amides is 2. The Morgan fingerprint density at radius 1 is 1.31 bits per heavy atom. The van der Waals surface area contributed by atoms with Gasteiger partial charge in [0.2, 0.25) is 5.91 Å². The number of ether oxygens (including phenoxy) is 1. The molecule has 1 heterocycles. The maximum Gasteiger partial charge on any atom is 0.253 e. The molecule has 29 heavy (non-hydrogen) atoms. The van der Waals surface area contributed by atoms with Crippen molar-refractivity contribution < 1.29 is 14.3 Å². The van der Waals surface area contributed by atoms with Gasteiger partial charge in [0, 0.05) is 37.6 Å². The van der Waals surface area contributed by atoms with E-state index in [1.807, 2.05) is 24.3 Å². The van der Waals surface area contributed by atoms with Gasteiger partial charge in [-0.05, 0) is 48.4 Å². The van der Waals surface area contributed by atoms with E-state index in [0.717, 1.165) is 18.8 Å². The molecule has 0 unspecified atom stereocenters. The molecule has 0 radical (unpaired) electrons. The summed E-state index contributed by atoms with van der Waals surface area (Å²) in [6.07, 6.45) is 2.47. The smallest absolute Gasteiger partial charge is 0.253 e. The van der Waals surface area contributed by atoms with E-state index in [1.165, 1.54) is 12.8 Å². The number of morpholine rings is 1. The lowest BCUT2D eigenvalue weighted by Crippen LogP contribution is -2.51. The molecule has 2 aliphatic rings. The number of hydrogen-bond acceptors (Lipinski definition) is 5. The van der Waals surface area contributed by atoms with Crippen molar-refractivity contribution in [3.05, 3.63) is 24.3 Å². The molecular formula is C22H34N4O3. The van der Waals surface area contributed by atoms with Crippen molar-refractivity contribution in [3.63, 3.8) is 0 Å². The molecule has 0 spiro atoms. The summed E-state index contributed by atoms with van der Waals surface area (Å²) in [5.41, 5.74) is 7.64. The largest absolute Gasteiger partial charge is 0.370 e. The van der Waals surface area contributed by atoms with Crippen LogP contribution in [0.3, 0.4) is 0 Å². The average molecular weight is 403 g/mol. The van der Waals surface area contributed by atoms with E-state index in [-0.39, 0.29) is 36.4 Å². The topological polar surface area (TPSA) is 87.9 Å². The molecule has 2 amide bonds. The summed E-state index contributed by atoms with van der Waals surface area (Å²) in [4.78, 5) is 28.9. The van der Waals surface area contributed by atoms with Gasteiger partial charge in [-0.3, -0.25) is 14.5 Å². The second kappa shape index (κ2) is 9.24. The minimum absolute atomic E-state index is 0.0471. The van der Waals surface area contributed by atoms with Gasteiger partial charge in [0.05, 0.1) is 6.61 Å². The summed E-state index contributed by atoms with van der Waals surface area (Å²) in [7, 11) is 0. The Bertz CT molecular complexity index is 710. The summed E-state index contributed by atoms with van der Waals surface area (Å²) in [5, 5.41) is 3.01. The zero-order valence-electron chi connectivity index (χ0n) is 17.8. The van der Waals surface area contributed by atoms with Gasteiger partial charge in [-0.15, -0.1) is 0 Å². The first kappa shape index (κ1) is 21.7. The maximum atomic E-state index is 13.0. The Hall–Kier alpha value is -1.96. The van der Waals surface area contributed by atoms with Gasteiger partial charge in [0.1, 0.15) is 12.6 Å². The fourth-order valence-electron chi connectivity index (χ4n) is 3.71. The summed E-state index contributed by atoms with van der Waals surface area (Å²) in [6.45, 7) is 9.78. The molecule has 7 heteroatoms. The third-order valence-corrected chi connectivity index (χ3v) is 5.27. The molecule has 1 aliphatic heterocycles. The van der Waals surface area contributed by atoms with Crippen molar-refractivity contribution in [2.75, 3.05) is 49.6 Å². The van der Waals surface area contributed by atoms with Crippen LogP contribution in [-0.2, 0) is 14.3 Å². The van der Waals surface area contributed by atoms with E-state index in [1.54, 1.807) is 4.90 Å². The van der Waals surface area contributed by atoms with E-state index in [9.17, 15) is 9.59 Å². The summed E-state index contributed by atoms with van der Waals surface area (Å²) in [5.74, 6) is 0.561. The molecule has 1 aromatic rings. The highest BCUT2D eigenvalue weighted by molar-refractivity contribution is 5.97. The molecular weight excluding hydrogens is 368 g/mol. The van der Waals surface area contributed by atoms with Gasteiger partial charge in [-0.1, -0.05) is 20.8 Å². The first-order valence-electron chi connectivity index (χ1n) is 10.5. The number of rotatable bonds is 8. The SMILES string of the molecule is CC(C)(C)CN(CC1CC1)[C@H](CN)C(=O)Nc1ccc(N2CCOCC2=O)cc1. The molecule has 1 atom stereocenters. The minimum Gasteiger partial charge on any atom is -0.370 e. The first-order chi connectivity index (χ1) is 13.8. The molecule has 1 aliphatic carbocycles. The Kier molecular flexibility index (Phi) is 6.93. The standard InChI is InChI=1S/C22H34N4O3/c1-22(2,3)15-25(13-16-4-5-16)19(12-23)21(28)24-17-6-8-18(9-7-17)26-10-11-29-14-20(26)27/h6-9,16,19H,4-5,10-15,23H2,1-3H3,(H,24,28)/t19-/m1/s1. The number of benzene rings is 1. The van der Waals surface area contributed by atoms with Crippen molar-refractivity contribution in [2.24, 2.45) is 17.1 Å². The predicted molar refractivity (Wildman–Crippen MR) is 115 cm³/mol. The predicted octanol–water partition coefficient (Wildman–Crippen LogP) is 2.07. The molecule has 1 saturated heterocycles. The number of nitrogens with two attached hydrogens (primary N) is 1. The van der Waals surface area contributed by atoms with Crippen LogP contribution in [0.15, 0.2) is 24.3 Å². The van der Waals surface area contributed by atoms with Crippen LogP contribution in [0, 0.1) is 11.3 Å². The maximum absolute atomic E-state index is 13.0. The second-order valence-corrected chi connectivity index (χ2v) is 9.32. The molecule has 3 rings (SSSR count). The highest BCUT2D eigenvalue weighted by Crippen LogP contribution is 2.31. The van der Waals surface area contributed by atoms with Crippen LogP contribution in [0.5, 0.6) is 0 Å². The summed E-state index contributed by atoms with van der Waals surface area (Å²) in [6, 6.07) is 7.02. The second-order valence-electron chi connectivity index (χ2n) is 9.32. The minimum atomic E-state index is -0.352. The fourth-order valence-corrected chi connectivity index (χ4v) is 3.71. The number of hydrogen-bond donors (Lipinski definition) is 2. The van der Waals surface area contributed by atoms with Crippen LogP contribution in [0.2, 0.25) is 0 Å². The van der Waals surface area contributed by atoms with E-state index in [0.29, 0.717) is 24.8 Å². The summed E-state index contributed by atoms with van der Waals surface area (Å²) >= 11 is 0. The lowest BCUT2D eigenvalue weighted by Gasteiger charge is -2.35. The average Bonchev–Trinajstić information content (AvgIpc) is 3.46. The normalized spacial score (nSPS) is 18.8. The third-order valence-electron chi connectivity index (χ3n) is 5.27. The number of anilines is 2. The Labute approximate surface area is 173 Å². The molecule has 160 valence electrons. The lowest BCUT2D eigenvalue weighted by molar-refractivity contribution is -0.125. The van der Waals surface area contributed by atoms with Crippen LogP contribution < -0.4 is 16.0 Å². The van der Waals surface area contributed by atoms with Crippen molar-refractivity contribution in [1.29, 1.82) is 0 Å². The lowest BCUT2D eigenvalue weighted by atomic mass is 9.95. The van der Waals surface area contributed by atoms with Gasteiger partial charge in [-0.2, -0.15) is 0 Å². The fraction of sp³-hybridized carbons (Fsp3) is 0.636. The van der Waals surface area contributed by atoms with Crippen molar-refractivity contribution >= 4 is 23.2 Å². The van der Waals surface area contributed by atoms with E-state index in [2.05, 4.69) is 31.0 Å². The number of nitrogens with zero attached hydrogens (tertiary/aromatic N) is 2. The molecule has 3 N–H and O–H groups in total. The van der Waals surface area contributed by atoms with Crippen LogP contribution in [0.25, 0.3) is 0 Å². The van der Waals surface area contributed by atoms with Crippen LogP contribution in [0.1, 0.15) is 33.6 Å². The Balaban J connectivity index is 1.65. The van der Waals surface area contributed by atoms with Crippen molar-refractivity contribution in [2.45, 2.75) is 39.7 Å². The first-order valence-corrected chi connectivity index (χ1v) is 10.5. The molecule has 2 fully saturated rings. The zero-order chi connectivity index (χ0) is 21.0. The van der Waals surface area contributed by atoms with Crippen molar-refractivity contribution in [3.8, 4) is 0 Å². The molecule has 0 bridgehead atoms. The van der Waals surface area contributed by atoms with Gasteiger partial charge < -0.3 is 20.7 Å². The monoisotopic (exact) mass is 402 g/mol. The van der Waals surface area contributed by atoms with Gasteiger partial charge in [-0.25, -0.2) is 0 Å². The van der Waals surface area contributed by atoms with Crippen LogP contribution in [-0.4, -0.2) is 62.1 Å². The Morgan fingerprint density at radius 3 is 2.55 bits per heavy atom. The van der Waals surface area contributed by atoms with E-state index < -0.39 is 0 Å². The molecule has 7 nitrogen and oxygen atoms in total. The quantitative estimate of drug-likeness (QED) is 0.695. The highest BCUT2D eigenvalue weighted by atomic mass is 16.5. The van der Waals surface area contributed by atoms with Gasteiger partial charge in [0.15, 0.2) is 0 Å². The van der Waals surface area contributed by atoms with Gasteiger partial charge >= 0.3 is 0 Å². The molecule has 1 aromatic carbocycles. The highest BCUT2D eigenvalue weighted by Gasteiger charge is 2.33. The number of nitrogens with one attached hydrogen (secondary N) is 1. The van der Waals surface area contributed by atoms with Crippen LogP contribution >= 0.6 is 0 Å². The number of carbonyl (C=O) groups excluding carboxylic acids is 2. The Morgan fingerprint density at radius 2 is 2.00 bits per heavy atom. The van der Waals surface area contributed by atoms with Crippen LogP contribution in [0.4, 0.5) is 11.4 Å². The van der Waals surface area contributed by atoms with E-state index >= 15 is 0 Å². The molecule has 0 aromatic heterocycles. The van der Waals surface area contributed by atoms with E-state index in [4.69, 9.17) is 10.5 Å². The van der Waals surface area contributed by atoms with Crippen molar-refractivity contribution in [1.82, 2.24) is 4.90 Å². The zero-order valence-corrected chi connectivity index (χ0v) is 17.8. The summed E-state index contributed by atoms with van der Waals surface area (Å²) < 4.78 is 5.17. The van der Waals surface area contributed by atoms with Gasteiger partial charge in [0.25, 0.3) is 5.91 Å². The third kappa shape index (κ3) is 6.26. The molecule has 1 saturated carbocycles.